The van der Waals surface area contributed by atoms with E-state index in [1.165, 1.54) is 5.56 Å². The van der Waals surface area contributed by atoms with E-state index < -0.39 is 0 Å². The quantitative estimate of drug-likeness (QED) is 0.832. The van der Waals surface area contributed by atoms with Crippen molar-refractivity contribution in [2.75, 3.05) is 33.7 Å². The molecule has 0 saturated heterocycles. The Morgan fingerprint density at radius 3 is 2.42 bits per heavy atom. The summed E-state index contributed by atoms with van der Waals surface area (Å²) in [5.74, 6) is 0.954. The van der Waals surface area contributed by atoms with Gasteiger partial charge >= 0.3 is 0 Å². The molecule has 0 fully saturated rings. The predicted octanol–water partition coefficient (Wildman–Crippen LogP) is 3.17. The lowest BCUT2D eigenvalue weighted by Gasteiger charge is -2.26. The first-order valence-electron chi connectivity index (χ1n) is 6.73. The molecule has 0 aliphatic rings. The van der Waals surface area contributed by atoms with Gasteiger partial charge in [-0.15, -0.1) is 0 Å². The topological polar surface area (TPSA) is 26.7 Å². The molecule has 0 atom stereocenters. The molecule has 0 aliphatic heterocycles. The molecule has 19 heavy (non-hydrogen) atoms. The summed E-state index contributed by atoms with van der Waals surface area (Å²) in [6.45, 7) is 8.62. The second-order valence-electron chi connectivity index (χ2n) is 5.72. The van der Waals surface area contributed by atoms with Crippen LogP contribution in [-0.2, 0) is 6.54 Å². The Morgan fingerprint density at radius 1 is 1.21 bits per heavy atom. The number of benzene rings is 1. The SMILES string of the molecule is CC(C)CN(CCN(C)C)Cc1ccc(O)c(Br)c1. The van der Waals surface area contributed by atoms with E-state index in [1.54, 1.807) is 6.07 Å². The number of halogens is 1. The van der Waals surface area contributed by atoms with Crippen molar-refractivity contribution < 1.29 is 5.11 Å². The van der Waals surface area contributed by atoms with Crippen molar-refractivity contribution >= 4 is 15.9 Å². The standard InChI is InChI=1S/C15H25BrN2O/c1-12(2)10-18(8-7-17(3)4)11-13-5-6-15(19)14(16)9-13/h5-6,9,12,19H,7-8,10-11H2,1-4H3. The first-order valence-corrected chi connectivity index (χ1v) is 7.52. The molecular weight excluding hydrogens is 304 g/mol. The van der Waals surface area contributed by atoms with Gasteiger partial charge in [-0.1, -0.05) is 19.9 Å². The molecule has 1 N–H and O–H groups in total. The van der Waals surface area contributed by atoms with Crippen LogP contribution >= 0.6 is 15.9 Å². The first kappa shape index (κ1) is 16.5. The van der Waals surface area contributed by atoms with Gasteiger partial charge in [-0.2, -0.15) is 0 Å². The Hall–Kier alpha value is -0.580. The Labute approximate surface area is 125 Å². The van der Waals surface area contributed by atoms with E-state index in [0.29, 0.717) is 11.7 Å². The third kappa shape index (κ3) is 6.41. The Balaban J connectivity index is 2.66. The van der Waals surface area contributed by atoms with Crippen molar-refractivity contribution in [2.45, 2.75) is 20.4 Å². The lowest BCUT2D eigenvalue weighted by atomic mass is 10.1. The maximum Gasteiger partial charge on any atom is 0.129 e. The highest BCUT2D eigenvalue weighted by Gasteiger charge is 2.09. The summed E-state index contributed by atoms with van der Waals surface area (Å²) in [5, 5.41) is 9.53. The molecule has 0 spiro atoms. The van der Waals surface area contributed by atoms with Crippen molar-refractivity contribution in [2.24, 2.45) is 5.92 Å². The fourth-order valence-electron chi connectivity index (χ4n) is 2.00. The van der Waals surface area contributed by atoms with E-state index in [1.807, 2.05) is 12.1 Å². The summed E-state index contributed by atoms with van der Waals surface area (Å²) >= 11 is 3.37. The minimum atomic E-state index is 0.299. The van der Waals surface area contributed by atoms with Gasteiger partial charge in [0.25, 0.3) is 0 Å². The molecule has 4 heteroatoms. The lowest BCUT2D eigenvalue weighted by Crippen LogP contribution is -2.33. The number of hydrogen-bond donors (Lipinski definition) is 1. The van der Waals surface area contributed by atoms with E-state index >= 15 is 0 Å². The average molecular weight is 329 g/mol. The summed E-state index contributed by atoms with van der Waals surface area (Å²) in [5.41, 5.74) is 1.23. The molecule has 0 amide bonds. The lowest BCUT2D eigenvalue weighted by molar-refractivity contribution is 0.211. The molecule has 1 aromatic carbocycles. The van der Waals surface area contributed by atoms with Crippen LogP contribution in [0.25, 0.3) is 0 Å². The molecular formula is C15H25BrN2O. The highest BCUT2D eigenvalue weighted by Crippen LogP contribution is 2.24. The second-order valence-corrected chi connectivity index (χ2v) is 6.57. The summed E-state index contributed by atoms with van der Waals surface area (Å²) in [7, 11) is 4.20. The van der Waals surface area contributed by atoms with E-state index in [4.69, 9.17) is 0 Å². The number of phenols is 1. The number of phenolic OH excluding ortho intramolecular Hbond substituents is 1. The largest absolute Gasteiger partial charge is 0.507 e. The molecule has 0 radical (unpaired) electrons. The fourth-order valence-corrected chi connectivity index (χ4v) is 2.43. The molecule has 1 aromatic rings. The first-order chi connectivity index (χ1) is 8.88. The van der Waals surface area contributed by atoms with Crippen molar-refractivity contribution in [3.05, 3.63) is 28.2 Å². The Kier molecular flexibility index (Phi) is 6.83. The zero-order valence-electron chi connectivity index (χ0n) is 12.4. The van der Waals surface area contributed by atoms with Crippen LogP contribution < -0.4 is 0 Å². The summed E-state index contributed by atoms with van der Waals surface area (Å²) in [6, 6.07) is 5.74. The molecule has 108 valence electrons. The van der Waals surface area contributed by atoms with Gasteiger partial charge in [0, 0.05) is 26.2 Å². The van der Waals surface area contributed by atoms with Gasteiger partial charge in [0.05, 0.1) is 4.47 Å². The van der Waals surface area contributed by atoms with E-state index in [0.717, 1.165) is 30.7 Å². The van der Waals surface area contributed by atoms with Gasteiger partial charge in [0.2, 0.25) is 0 Å². The molecule has 1 rings (SSSR count). The molecule has 0 heterocycles. The number of nitrogens with zero attached hydrogens (tertiary/aromatic N) is 2. The third-order valence-corrected chi connectivity index (χ3v) is 3.54. The zero-order valence-corrected chi connectivity index (χ0v) is 13.9. The smallest absolute Gasteiger partial charge is 0.129 e. The van der Waals surface area contributed by atoms with Gasteiger partial charge in [-0.3, -0.25) is 4.90 Å². The van der Waals surface area contributed by atoms with Crippen LogP contribution in [-0.4, -0.2) is 48.6 Å². The maximum atomic E-state index is 9.53. The maximum absolute atomic E-state index is 9.53. The van der Waals surface area contributed by atoms with Gasteiger partial charge in [-0.05, 0) is 53.6 Å². The van der Waals surface area contributed by atoms with Crippen molar-refractivity contribution in [3.63, 3.8) is 0 Å². The second kappa shape index (κ2) is 7.88. The van der Waals surface area contributed by atoms with Crippen LogP contribution in [0.2, 0.25) is 0 Å². The fraction of sp³-hybridized carbons (Fsp3) is 0.600. The number of likely N-dealkylation sites (N-methyl/N-ethyl adjacent to an activating group) is 1. The minimum absolute atomic E-state index is 0.299. The average Bonchev–Trinajstić information content (AvgIpc) is 2.30. The van der Waals surface area contributed by atoms with Crippen LogP contribution in [0, 0.1) is 5.92 Å². The van der Waals surface area contributed by atoms with Gasteiger partial charge in [-0.25, -0.2) is 0 Å². The van der Waals surface area contributed by atoms with Crippen molar-refractivity contribution in [1.29, 1.82) is 0 Å². The normalized spacial score (nSPS) is 11.8. The molecule has 0 bridgehead atoms. The van der Waals surface area contributed by atoms with E-state index in [-0.39, 0.29) is 0 Å². The summed E-state index contributed by atoms with van der Waals surface area (Å²) < 4.78 is 0.766. The van der Waals surface area contributed by atoms with Gasteiger partial charge < -0.3 is 10.0 Å². The van der Waals surface area contributed by atoms with Crippen LogP contribution in [0.1, 0.15) is 19.4 Å². The Bertz CT molecular complexity index is 394. The molecule has 0 saturated carbocycles. The van der Waals surface area contributed by atoms with Crippen LogP contribution in [0.15, 0.2) is 22.7 Å². The third-order valence-electron chi connectivity index (χ3n) is 2.91. The Morgan fingerprint density at radius 2 is 1.89 bits per heavy atom. The highest BCUT2D eigenvalue weighted by atomic mass is 79.9. The minimum Gasteiger partial charge on any atom is -0.507 e. The van der Waals surface area contributed by atoms with Crippen LogP contribution in [0.5, 0.6) is 5.75 Å². The van der Waals surface area contributed by atoms with Gasteiger partial charge in [0.15, 0.2) is 0 Å². The van der Waals surface area contributed by atoms with E-state index in [2.05, 4.69) is 53.7 Å². The summed E-state index contributed by atoms with van der Waals surface area (Å²) in [4.78, 5) is 4.67. The predicted molar refractivity (Wildman–Crippen MR) is 84.5 cm³/mol. The summed E-state index contributed by atoms with van der Waals surface area (Å²) in [6.07, 6.45) is 0. The zero-order chi connectivity index (χ0) is 14.4. The number of rotatable bonds is 7. The molecule has 0 unspecified atom stereocenters. The van der Waals surface area contributed by atoms with Gasteiger partial charge in [0.1, 0.15) is 5.75 Å². The monoisotopic (exact) mass is 328 g/mol. The number of hydrogen-bond acceptors (Lipinski definition) is 3. The molecule has 3 nitrogen and oxygen atoms in total. The van der Waals surface area contributed by atoms with Crippen LogP contribution in [0.4, 0.5) is 0 Å². The highest BCUT2D eigenvalue weighted by molar-refractivity contribution is 9.10. The van der Waals surface area contributed by atoms with Crippen molar-refractivity contribution in [3.8, 4) is 5.75 Å². The number of aromatic hydroxyl groups is 1. The molecule has 0 aromatic heterocycles. The van der Waals surface area contributed by atoms with Crippen LogP contribution in [0.3, 0.4) is 0 Å². The van der Waals surface area contributed by atoms with E-state index in [9.17, 15) is 5.11 Å². The molecule has 0 aliphatic carbocycles. The van der Waals surface area contributed by atoms with Crippen molar-refractivity contribution in [1.82, 2.24) is 9.80 Å².